The van der Waals surface area contributed by atoms with Gasteiger partial charge in [0, 0.05) is 0 Å². The molecule has 0 aliphatic carbocycles. The van der Waals surface area contributed by atoms with Crippen LogP contribution < -0.4 is 19.5 Å². The lowest BCUT2D eigenvalue weighted by Crippen LogP contribution is -2.30. The van der Waals surface area contributed by atoms with Gasteiger partial charge in [-0.3, -0.25) is 4.79 Å². The van der Waals surface area contributed by atoms with Gasteiger partial charge in [-0.15, -0.1) is 0 Å². The van der Waals surface area contributed by atoms with Crippen LogP contribution in [0.25, 0.3) is 0 Å². The van der Waals surface area contributed by atoms with Gasteiger partial charge in [0.15, 0.2) is 17.6 Å². The molecule has 1 N–H and O–H groups in total. The first-order chi connectivity index (χ1) is 12.5. The van der Waals surface area contributed by atoms with Crippen molar-refractivity contribution in [2.24, 2.45) is 0 Å². The number of methoxy groups -OCH3 is 3. The molecule has 2 aromatic carbocycles. The molecule has 0 unspecified atom stereocenters. The minimum Gasteiger partial charge on any atom is -0.495 e. The molecule has 26 heavy (non-hydrogen) atoms. The summed E-state index contributed by atoms with van der Waals surface area (Å²) >= 11 is 0. The van der Waals surface area contributed by atoms with E-state index in [1.54, 1.807) is 31.2 Å². The van der Waals surface area contributed by atoms with Crippen LogP contribution in [-0.2, 0) is 9.53 Å². The zero-order valence-corrected chi connectivity index (χ0v) is 15.1. The molecular weight excluding hydrogens is 338 g/mol. The van der Waals surface area contributed by atoms with E-state index in [4.69, 9.17) is 14.2 Å². The maximum absolute atomic E-state index is 12.4. The second-order valence-corrected chi connectivity index (χ2v) is 5.31. The summed E-state index contributed by atoms with van der Waals surface area (Å²) in [5.41, 5.74) is 0.867. The Morgan fingerprint density at radius 3 is 2.27 bits per heavy atom. The number of nitrogens with one attached hydrogen (secondary N) is 1. The van der Waals surface area contributed by atoms with E-state index in [-0.39, 0.29) is 5.91 Å². The topological polar surface area (TPSA) is 83.1 Å². The van der Waals surface area contributed by atoms with Crippen LogP contribution in [0.15, 0.2) is 42.5 Å². The molecule has 0 radical (unpaired) electrons. The Balaban J connectivity index is 2.12. The van der Waals surface area contributed by atoms with E-state index in [9.17, 15) is 9.59 Å². The predicted molar refractivity (Wildman–Crippen MR) is 96.0 cm³/mol. The maximum atomic E-state index is 12.4. The molecule has 0 aromatic heterocycles. The van der Waals surface area contributed by atoms with Gasteiger partial charge in [-0.1, -0.05) is 12.1 Å². The summed E-state index contributed by atoms with van der Waals surface area (Å²) in [5, 5.41) is 2.75. The van der Waals surface area contributed by atoms with Crippen molar-refractivity contribution in [3.63, 3.8) is 0 Å². The Morgan fingerprint density at radius 2 is 1.62 bits per heavy atom. The van der Waals surface area contributed by atoms with Crippen LogP contribution in [0, 0.1) is 0 Å². The summed E-state index contributed by atoms with van der Waals surface area (Å²) in [6.45, 7) is 1.61. The van der Waals surface area contributed by atoms with Crippen LogP contribution in [0.3, 0.4) is 0 Å². The number of carbonyl (C=O) groups excluding carboxylic acids is 2. The van der Waals surface area contributed by atoms with Crippen LogP contribution in [0.5, 0.6) is 17.2 Å². The van der Waals surface area contributed by atoms with E-state index in [1.807, 2.05) is 6.07 Å². The normalized spacial score (nSPS) is 11.2. The Hall–Kier alpha value is -3.22. The lowest BCUT2D eigenvalue weighted by atomic mass is 10.2. The van der Waals surface area contributed by atoms with Gasteiger partial charge in [0.2, 0.25) is 0 Å². The lowest BCUT2D eigenvalue weighted by Gasteiger charge is -2.18. The minimum atomic E-state index is -0.808. The predicted octanol–water partition coefficient (Wildman–Crippen LogP) is 2.90. The third-order valence-electron chi connectivity index (χ3n) is 3.62. The van der Waals surface area contributed by atoms with E-state index in [1.165, 1.54) is 33.5 Å². The van der Waals surface area contributed by atoms with Crippen molar-refractivity contribution >= 4 is 17.6 Å². The molecular formula is C19H21NO6. The van der Waals surface area contributed by atoms with Crippen LogP contribution in [0.2, 0.25) is 0 Å². The quantitative estimate of drug-likeness (QED) is 0.766. The number of para-hydroxylation sites is 2. The molecule has 0 aliphatic rings. The number of rotatable bonds is 7. The van der Waals surface area contributed by atoms with Gasteiger partial charge in [0.25, 0.3) is 5.91 Å². The molecule has 0 saturated heterocycles. The third kappa shape index (κ3) is 4.44. The molecule has 2 aromatic rings. The van der Waals surface area contributed by atoms with Crippen molar-refractivity contribution in [1.29, 1.82) is 0 Å². The fraction of sp³-hybridized carbons (Fsp3) is 0.263. The number of anilines is 1. The first-order valence-corrected chi connectivity index (χ1v) is 7.87. The van der Waals surface area contributed by atoms with Crippen LogP contribution in [0.1, 0.15) is 17.3 Å². The SMILES string of the molecule is COC(=O)c1ccc(O[C@H](C)C(=O)Nc2ccccc2OC)c(OC)c1. The van der Waals surface area contributed by atoms with Gasteiger partial charge in [-0.25, -0.2) is 4.79 Å². The van der Waals surface area contributed by atoms with Gasteiger partial charge < -0.3 is 24.3 Å². The van der Waals surface area contributed by atoms with Gasteiger partial charge in [0.05, 0.1) is 32.6 Å². The van der Waals surface area contributed by atoms with Gasteiger partial charge in [0.1, 0.15) is 5.75 Å². The second-order valence-electron chi connectivity index (χ2n) is 5.31. The molecule has 0 aliphatic heterocycles. The number of hydrogen-bond acceptors (Lipinski definition) is 6. The molecule has 0 spiro atoms. The molecule has 0 bridgehead atoms. The monoisotopic (exact) mass is 359 g/mol. The molecule has 0 heterocycles. The van der Waals surface area contributed by atoms with Crippen LogP contribution >= 0.6 is 0 Å². The highest BCUT2D eigenvalue weighted by atomic mass is 16.5. The average Bonchev–Trinajstić information content (AvgIpc) is 2.67. The highest BCUT2D eigenvalue weighted by molar-refractivity contribution is 5.95. The summed E-state index contributed by atoms with van der Waals surface area (Å²) in [6, 6.07) is 11.7. The van der Waals surface area contributed by atoms with Crippen molar-refractivity contribution in [3.8, 4) is 17.2 Å². The van der Waals surface area contributed by atoms with E-state index >= 15 is 0 Å². The van der Waals surface area contributed by atoms with E-state index in [0.29, 0.717) is 28.5 Å². The number of ether oxygens (including phenoxy) is 4. The van der Waals surface area contributed by atoms with Crippen molar-refractivity contribution in [2.45, 2.75) is 13.0 Å². The summed E-state index contributed by atoms with van der Waals surface area (Å²) in [5.74, 6) is 0.367. The van der Waals surface area contributed by atoms with Crippen molar-refractivity contribution in [1.82, 2.24) is 0 Å². The van der Waals surface area contributed by atoms with E-state index < -0.39 is 12.1 Å². The largest absolute Gasteiger partial charge is 0.495 e. The summed E-state index contributed by atoms with van der Waals surface area (Å²) in [6.07, 6.45) is -0.808. The molecule has 0 fully saturated rings. The zero-order valence-electron chi connectivity index (χ0n) is 15.1. The summed E-state index contributed by atoms with van der Waals surface area (Å²) < 4.78 is 20.8. The van der Waals surface area contributed by atoms with Gasteiger partial charge in [-0.05, 0) is 37.3 Å². The van der Waals surface area contributed by atoms with Crippen molar-refractivity contribution in [2.75, 3.05) is 26.6 Å². The summed E-state index contributed by atoms with van der Waals surface area (Å²) in [4.78, 5) is 24.0. The van der Waals surface area contributed by atoms with E-state index in [2.05, 4.69) is 10.1 Å². The number of amides is 1. The number of esters is 1. The van der Waals surface area contributed by atoms with E-state index in [0.717, 1.165) is 0 Å². The summed E-state index contributed by atoms with van der Waals surface area (Å²) in [7, 11) is 4.27. The van der Waals surface area contributed by atoms with Gasteiger partial charge in [-0.2, -0.15) is 0 Å². The maximum Gasteiger partial charge on any atom is 0.337 e. The highest BCUT2D eigenvalue weighted by Crippen LogP contribution is 2.30. The van der Waals surface area contributed by atoms with Gasteiger partial charge >= 0.3 is 5.97 Å². The molecule has 138 valence electrons. The molecule has 7 heteroatoms. The van der Waals surface area contributed by atoms with Crippen molar-refractivity contribution < 1.29 is 28.5 Å². The Kier molecular flexibility index (Phi) is 6.43. The average molecular weight is 359 g/mol. The molecule has 1 atom stereocenters. The molecule has 7 nitrogen and oxygen atoms in total. The molecule has 2 rings (SSSR count). The third-order valence-corrected chi connectivity index (χ3v) is 3.62. The smallest absolute Gasteiger partial charge is 0.337 e. The van der Waals surface area contributed by atoms with Crippen LogP contribution in [0.4, 0.5) is 5.69 Å². The highest BCUT2D eigenvalue weighted by Gasteiger charge is 2.19. The number of hydrogen-bond donors (Lipinski definition) is 1. The first kappa shape index (κ1) is 19.1. The Bertz CT molecular complexity index is 789. The molecule has 1 amide bonds. The molecule has 0 saturated carbocycles. The first-order valence-electron chi connectivity index (χ1n) is 7.87. The Morgan fingerprint density at radius 1 is 0.923 bits per heavy atom. The zero-order chi connectivity index (χ0) is 19.1. The van der Waals surface area contributed by atoms with Crippen LogP contribution in [-0.4, -0.2) is 39.3 Å². The fourth-order valence-corrected chi connectivity index (χ4v) is 2.24. The standard InChI is InChI=1S/C19H21NO6/c1-12(18(21)20-14-7-5-6-8-15(14)23-2)26-16-10-9-13(19(22)25-4)11-17(16)24-3/h5-12H,1-4H3,(H,20,21)/t12-/m1/s1. The minimum absolute atomic E-state index is 0.322. The fourth-order valence-electron chi connectivity index (χ4n) is 2.24. The Labute approximate surface area is 151 Å². The second kappa shape index (κ2) is 8.75. The van der Waals surface area contributed by atoms with Crippen molar-refractivity contribution in [3.05, 3.63) is 48.0 Å². The number of carbonyl (C=O) groups is 2. The number of benzene rings is 2. The lowest BCUT2D eigenvalue weighted by molar-refractivity contribution is -0.122.